The smallest absolute Gasteiger partial charge is 0.0500 e. The SMILES string of the molecule is CCC(N)C(c1cccc(C)c1)N1CCN(C)C(CC)C1. The summed E-state index contributed by atoms with van der Waals surface area (Å²) in [5.74, 6) is 0. The lowest BCUT2D eigenvalue weighted by molar-refractivity contribution is 0.0524. The first kappa shape index (κ1) is 16.5. The minimum atomic E-state index is 0.202. The quantitative estimate of drug-likeness (QED) is 0.904. The minimum absolute atomic E-state index is 0.202. The van der Waals surface area contributed by atoms with Crippen LogP contribution in [0.25, 0.3) is 0 Å². The molecule has 3 heteroatoms. The van der Waals surface area contributed by atoms with E-state index in [1.807, 2.05) is 0 Å². The molecule has 1 saturated heterocycles. The summed E-state index contributed by atoms with van der Waals surface area (Å²) < 4.78 is 0. The molecule has 0 aromatic heterocycles. The van der Waals surface area contributed by atoms with E-state index in [1.54, 1.807) is 0 Å². The molecule has 2 rings (SSSR count). The van der Waals surface area contributed by atoms with Gasteiger partial charge in [-0.25, -0.2) is 0 Å². The lowest BCUT2D eigenvalue weighted by Gasteiger charge is -2.44. The first-order valence-electron chi connectivity index (χ1n) is 8.33. The summed E-state index contributed by atoms with van der Waals surface area (Å²) in [6.07, 6.45) is 2.22. The molecule has 2 N–H and O–H groups in total. The average molecular weight is 289 g/mol. The van der Waals surface area contributed by atoms with Crippen LogP contribution in [0.4, 0.5) is 0 Å². The van der Waals surface area contributed by atoms with Crippen LogP contribution in [0.15, 0.2) is 24.3 Å². The van der Waals surface area contributed by atoms with E-state index in [4.69, 9.17) is 5.73 Å². The van der Waals surface area contributed by atoms with Crippen molar-refractivity contribution in [3.05, 3.63) is 35.4 Å². The van der Waals surface area contributed by atoms with Gasteiger partial charge in [-0.2, -0.15) is 0 Å². The van der Waals surface area contributed by atoms with Crippen molar-refractivity contribution in [3.8, 4) is 0 Å². The topological polar surface area (TPSA) is 32.5 Å². The Balaban J connectivity index is 2.24. The summed E-state index contributed by atoms with van der Waals surface area (Å²) in [6.45, 7) is 10.0. The predicted octanol–water partition coefficient (Wildman–Crippen LogP) is 2.80. The zero-order chi connectivity index (χ0) is 15.4. The van der Waals surface area contributed by atoms with E-state index in [0.717, 1.165) is 26.1 Å². The van der Waals surface area contributed by atoms with Gasteiger partial charge in [0.25, 0.3) is 0 Å². The molecule has 0 spiro atoms. The second kappa shape index (κ2) is 7.39. The summed E-state index contributed by atoms with van der Waals surface area (Å²) in [5, 5.41) is 0. The van der Waals surface area contributed by atoms with Gasteiger partial charge in [0.1, 0.15) is 0 Å². The molecule has 3 unspecified atom stereocenters. The molecule has 0 amide bonds. The summed E-state index contributed by atoms with van der Waals surface area (Å²) in [4.78, 5) is 5.10. The molecule has 118 valence electrons. The summed E-state index contributed by atoms with van der Waals surface area (Å²) in [7, 11) is 2.24. The maximum atomic E-state index is 6.50. The van der Waals surface area contributed by atoms with Crippen LogP contribution in [-0.4, -0.2) is 48.6 Å². The molecule has 0 saturated carbocycles. The largest absolute Gasteiger partial charge is 0.326 e. The number of nitrogens with two attached hydrogens (primary N) is 1. The van der Waals surface area contributed by atoms with Crippen molar-refractivity contribution in [1.82, 2.24) is 9.80 Å². The molecule has 3 atom stereocenters. The number of hydrogen-bond acceptors (Lipinski definition) is 3. The van der Waals surface area contributed by atoms with Crippen LogP contribution in [0.3, 0.4) is 0 Å². The van der Waals surface area contributed by atoms with Gasteiger partial charge in [-0.05, 0) is 32.4 Å². The fraction of sp³-hybridized carbons (Fsp3) is 0.667. The van der Waals surface area contributed by atoms with Crippen molar-refractivity contribution < 1.29 is 0 Å². The van der Waals surface area contributed by atoms with Gasteiger partial charge < -0.3 is 10.6 Å². The van der Waals surface area contributed by atoms with Crippen molar-refractivity contribution in [1.29, 1.82) is 0 Å². The summed E-state index contributed by atoms with van der Waals surface area (Å²) >= 11 is 0. The molecule has 0 aliphatic carbocycles. The molecule has 0 radical (unpaired) electrons. The molecular formula is C18H31N3. The number of nitrogens with zero attached hydrogens (tertiary/aromatic N) is 2. The Hall–Kier alpha value is -0.900. The maximum Gasteiger partial charge on any atom is 0.0500 e. The van der Waals surface area contributed by atoms with Crippen molar-refractivity contribution in [2.24, 2.45) is 5.73 Å². The Morgan fingerprint density at radius 1 is 1.29 bits per heavy atom. The second-order valence-electron chi connectivity index (χ2n) is 6.47. The Kier molecular flexibility index (Phi) is 5.80. The van der Waals surface area contributed by atoms with Gasteiger partial charge in [-0.1, -0.05) is 43.7 Å². The van der Waals surface area contributed by atoms with E-state index in [0.29, 0.717) is 12.1 Å². The highest BCUT2D eigenvalue weighted by Gasteiger charge is 2.31. The highest BCUT2D eigenvalue weighted by Crippen LogP contribution is 2.28. The third kappa shape index (κ3) is 3.85. The number of hydrogen-bond donors (Lipinski definition) is 1. The van der Waals surface area contributed by atoms with Gasteiger partial charge in [0.15, 0.2) is 0 Å². The van der Waals surface area contributed by atoms with E-state index in [1.165, 1.54) is 17.5 Å². The molecular weight excluding hydrogens is 258 g/mol. The third-order valence-electron chi connectivity index (χ3n) is 4.93. The Morgan fingerprint density at radius 3 is 2.67 bits per heavy atom. The first-order chi connectivity index (χ1) is 10.1. The monoisotopic (exact) mass is 289 g/mol. The molecule has 1 aliphatic rings. The number of likely N-dealkylation sites (N-methyl/N-ethyl adjacent to an activating group) is 1. The molecule has 21 heavy (non-hydrogen) atoms. The Labute approximate surface area is 130 Å². The highest BCUT2D eigenvalue weighted by atomic mass is 15.3. The number of aryl methyl sites for hydroxylation is 1. The summed E-state index contributed by atoms with van der Waals surface area (Å²) in [6, 6.07) is 10.1. The first-order valence-corrected chi connectivity index (χ1v) is 8.33. The fourth-order valence-electron chi connectivity index (χ4n) is 3.47. The van der Waals surface area contributed by atoms with Gasteiger partial charge in [0.05, 0.1) is 0 Å². The molecule has 1 fully saturated rings. The number of rotatable bonds is 5. The number of piperazine rings is 1. The van der Waals surface area contributed by atoms with Gasteiger partial charge in [-0.3, -0.25) is 4.90 Å². The van der Waals surface area contributed by atoms with Crippen molar-refractivity contribution >= 4 is 0 Å². The zero-order valence-corrected chi connectivity index (χ0v) is 14.0. The van der Waals surface area contributed by atoms with Crippen LogP contribution in [0, 0.1) is 6.92 Å². The zero-order valence-electron chi connectivity index (χ0n) is 14.0. The molecule has 1 heterocycles. The van der Waals surface area contributed by atoms with Gasteiger partial charge in [0, 0.05) is 37.8 Å². The minimum Gasteiger partial charge on any atom is -0.326 e. The summed E-state index contributed by atoms with van der Waals surface area (Å²) in [5.41, 5.74) is 9.20. The van der Waals surface area contributed by atoms with Crippen molar-refractivity contribution in [2.75, 3.05) is 26.7 Å². The van der Waals surface area contributed by atoms with Crippen LogP contribution in [0.2, 0.25) is 0 Å². The molecule has 0 bridgehead atoms. The van der Waals surface area contributed by atoms with Crippen molar-refractivity contribution in [2.45, 2.75) is 51.7 Å². The molecule has 1 aromatic carbocycles. The fourth-order valence-corrected chi connectivity index (χ4v) is 3.47. The van der Waals surface area contributed by atoms with E-state index in [2.05, 4.69) is 61.9 Å². The lowest BCUT2D eigenvalue weighted by Crippen LogP contribution is -2.54. The lowest BCUT2D eigenvalue weighted by atomic mass is 9.93. The second-order valence-corrected chi connectivity index (χ2v) is 6.47. The molecule has 3 nitrogen and oxygen atoms in total. The van der Waals surface area contributed by atoms with E-state index in [9.17, 15) is 0 Å². The highest BCUT2D eigenvalue weighted by molar-refractivity contribution is 5.26. The third-order valence-corrected chi connectivity index (χ3v) is 4.93. The molecule has 1 aromatic rings. The van der Waals surface area contributed by atoms with E-state index in [-0.39, 0.29) is 6.04 Å². The Morgan fingerprint density at radius 2 is 2.05 bits per heavy atom. The maximum absolute atomic E-state index is 6.50. The standard InChI is InChI=1S/C18H31N3/c1-5-16-13-21(11-10-20(16)4)18(17(19)6-2)15-9-7-8-14(3)12-15/h7-9,12,16-18H,5-6,10-11,13,19H2,1-4H3. The average Bonchev–Trinajstić information content (AvgIpc) is 2.49. The van der Waals surface area contributed by atoms with E-state index >= 15 is 0 Å². The van der Waals surface area contributed by atoms with Crippen LogP contribution >= 0.6 is 0 Å². The Bertz CT molecular complexity index is 446. The van der Waals surface area contributed by atoms with Crippen molar-refractivity contribution in [3.63, 3.8) is 0 Å². The van der Waals surface area contributed by atoms with E-state index < -0.39 is 0 Å². The van der Waals surface area contributed by atoms with Crippen LogP contribution in [0.1, 0.15) is 43.9 Å². The number of benzene rings is 1. The van der Waals surface area contributed by atoms with Gasteiger partial charge >= 0.3 is 0 Å². The predicted molar refractivity (Wildman–Crippen MR) is 90.5 cm³/mol. The van der Waals surface area contributed by atoms with Crippen LogP contribution < -0.4 is 5.73 Å². The van der Waals surface area contributed by atoms with Gasteiger partial charge in [-0.15, -0.1) is 0 Å². The van der Waals surface area contributed by atoms with Crippen LogP contribution in [0.5, 0.6) is 0 Å². The molecule has 1 aliphatic heterocycles. The normalized spacial score (nSPS) is 24.0. The van der Waals surface area contributed by atoms with Gasteiger partial charge in [0.2, 0.25) is 0 Å². The van der Waals surface area contributed by atoms with Crippen LogP contribution in [-0.2, 0) is 0 Å².